The predicted molar refractivity (Wildman–Crippen MR) is 154 cm³/mol. The van der Waals surface area contributed by atoms with Crippen LogP contribution >= 0.6 is 0 Å². The number of carbonyl (C=O) groups is 4. The maximum Gasteiger partial charge on any atom is 0.271 e. The first kappa shape index (κ1) is 33.2. The standard InChI is InChI=1S/C29H42N6O6/c1-4-7-8-10-23(26(5-2)35(40)19-36)28(38)32-18-33-29(39)25-12-9-11-24(34-25)20-15-21(27(37)31-14-13-30)17-22(16-20)41-6-3/h9,11-12,15-17,19,23,26,40H,4-8,10,13-14,18,30H2,1-3H3,(H,31,37)(H,32,38)(H,33,39)/t23-,26-/m1/s1. The van der Waals surface area contributed by atoms with Gasteiger partial charge in [0.15, 0.2) is 0 Å². The Labute approximate surface area is 241 Å². The monoisotopic (exact) mass is 570 g/mol. The lowest BCUT2D eigenvalue weighted by molar-refractivity contribution is -0.168. The van der Waals surface area contributed by atoms with Gasteiger partial charge in [-0.25, -0.2) is 10.0 Å². The predicted octanol–water partition coefficient (Wildman–Crippen LogP) is 2.46. The molecule has 1 aromatic carbocycles. The van der Waals surface area contributed by atoms with E-state index in [1.807, 2.05) is 13.8 Å². The van der Waals surface area contributed by atoms with E-state index in [1.54, 1.807) is 37.3 Å². The van der Waals surface area contributed by atoms with E-state index < -0.39 is 17.9 Å². The molecule has 4 amide bonds. The topological polar surface area (TPSA) is 176 Å². The van der Waals surface area contributed by atoms with Crippen LogP contribution in [0.2, 0.25) is 0 Å². The summed E-state index contributed by atoms with van der Waals surface area (Å²) in [6.07, 6.45) is 3.83. The number of nitrogens with two attached hydrogens (primary N) is 1. The Morgan fingerprint density at radius 1 is 1.07 bits per heavy atom. The number of unbranched alkanes of at least 4 members (excludes halogenated alkanes) is 2. The maximum atomic E-state index is 13.0. The average molecular weight is 571 g/mol. The van der Waals surface area contributed by atoms with Crippen molar-refractivity contribution in [2.24, 2.45) is 11.7 Å². The largest absolute Gasteiger partial charge is 0.494 e. The van der Waals surface area contributed by atoms with E-state index in [1.165, 1.54) is 6.07 Å². The van der Waals surface area contributed by atoms with Gasteiger partial charge in [0, 0.05) is 24.2 Å². The fraction of sp³-hybridized carbons (Fsp3) is 0.483. The Morgan fingerprint density at radius 2 is 1.85 bits per heavy atom. The molecule has 0 fully saturated rings. The Morgan fingerprint density at radius 3 is 2.51 bits per heavy atom. The SMILES string of the molecule is CCCCC[C@@H](C(=O)NCNC(=O)c1cccc(-c2cc(OCC)cc(C(=O)NCCN)c2)n1)[C@@H](CC)N(O)C=O. The number of nitrogens with one attached hydrogen (secondary N) is 3. The molecular formula is C29H42N6O6. The van der Waals surface area contributed by atoms with Gasteiger partial charge in [0.1, 0.15) is 11.4 Å². The number of hydrogen-bond acceptors (Lipinski definition) is 8. The molecule has 1 heterocycles. The third kappa shape index (κ3) is 10.1. The van der Waals surface area contributed by atoms with Crippen LogP contribution in [-0.4, -0.2) is 71.8 Å². The van der Waals surface area contributed by atoms with Crippen LogP contribution < -0.4 is 26.4 Å². The van der Waals surface area contributed by atoms with Crippen molar-refractivity contribution in [3.63, 3.8) is 0 Å². The van der Waals surface area contributed by atoms with Crippen molar-refractivity contribution in [1.82, 2.24) is 26.0 Å². The second-order valence-electron chi connectivity index (χ2n) is 9.42. The van der Waals surface area contributed by atoms with Crippen LogP contribution in [0.5, 0.6) is 5.75 Å². The summed E-state index contributed by atoms with van der Waals surface area (Å²) in [6, 6.07) is 9.27. The van der Waals surface area contributed by atoms with Gasteiger partial charge in [-0.1, -0.05) is 39.2 Å². The van der Waals surface area contributed by atoms with E-state index in [2.05, 4.69) is 20.9 Å². The van der Waals surface area contributed by atoms with Gasteiger partial charge in [-0.15, -0.1) is 0 Å². The first-order valence-electron chi connectivity index (χ1n) is 14.0. The Bertz CT molecular complexity index is 1160. The quantitative estimate of drug-likeness (QED) is 0.0597. The van der Waals surface area contributed by atoms with Gasteiger partial charge < -0.3 is 26.4 Å². The Hall–Kier alpha value is -4.03. The minimum atomic E-state index is -0.673. The molecule has 0 saturated carbocycles. The molecule has 0 radical (unpaired) electrons. The summed E-state index contributed by atoms with van der Waals surface area (Å²) in [6.45, 7) is 6.54. The Kier molecular flexibility index (Phi) is 14.3. The second kappa shape index (κ2) is 17.6. The molecule has 6 N–H and O–H groups in total. The lowest BCUT2D eigenvalue weighted by atomic mass is 9.90. The highest BCUT2D eigenvalue weighted by Gasteiger charge is 2.30. The number of benzene rings is 1. The summed E-state index contributed by atoms with van der Waals surface area (Å²) in [5, 5.41) is 18.6. The molecule has 1 aromatic heterocycles. The van der Waals surface area contributed by atoms with Crippen LogP contribution in [0.25, 0.3) is 11.3 Å². The van der Waals surface area contributed by atoms with E-state index in [0.29, 0.717) is 66.6 Å². The number of ether oxygens (including phenoxy) is 1. The zero-order chi connectivity index (χ0) is 30.2. The lowest BCUT2D eigenvalue weighted by Gasteiger charge is -2.29. The molecule has 0 spiro atoms. The minimum Gasteiger partial charge on any atom is -0.494 e. The average Bonchev–Trinajstić information content (AvgIpc) is 2.99. The number of rotatable bonds is 18. The molecule has 41 heavy (non-hydrogen) atoms. The zero-order valence-corrected chi connectivity index (χ0v) is 24.0. The van der Waals surface area contributed by atoms with E-state index in [0.717, 1.165) is 19.3 Å². The van der Waals surface area contributed by atoms with Crippen molar-refractivity contribution in [3.8, 4) is 17.0 Å². The molecule has 12 heteroatoms. The molecular weight excluding hydrogens is 528 g/mol. The fourth-order valence-corrected chi connectivity index (χ4v) is 4.42. The van der Waals surface area contributed by atoms with Gasteiger partial charge in [0.2, 0.25) is 12.3 Å². The summed E-state index contributed by atoms with van der Waals surface area (Å²) < 4.78 is 5.62. The van der Waals surface area contributed by atoms with Gasteiger partial charge >= 0.3 is 0 Å². The number of pyridine rings is 1. The van der Waals surface area contributed by atoms with Crippen molar-refractivity contribution in [2.45, 2.75) is 58.9 Å². The molecule has 2 atom stereocenters. The van der Waals surface area contributed by atoms with Crippen molar-refractivity contribution < 1.29 is 29.1 Å². The number of hydrogen-bond donors (Lipinski definition) is 5. The maximum absolute atomic E-state index is 13.0. The molecule has 0 aliphatic carbocycles. The van der Waals surface area contributed by atoms with Crippen molar-refractivity contribution in [3.05, 3.63) is 47.7 Å². The Balaban J connectivity index is 2.15. The summed E-state index contributed by atoms with van der Waals surface area (Å²) in [5.41, 5.74) is 7.01. The number of amides is 4. The second-order valence-corrected chi connectivity index (χ2v) is 9.42. The van der Waals surface area contributed by atoms with Gasteiger partial charge in [-0.05, 0) is 50.1 Å². The van der Waals surface area contributed by atoms with Gasteiger partial charge in [0.05, 0.1) is 30.9 Å². The number of carbonyl (C=O) groups excluding carboxylic acids is 4. The summed E-state index contributed by atoms with van der Waals surface area (Å²) in [5.74, 6) is -1.34. The van der Waals surface area contributed by atoms with Crippen molar-refractivity contribution in [2.75, 3.05) is 26.4 Å². The van der Waals surface area contributed by atoms with Crippen molar-refractivity contribution >= 4 is 24.1 Å². The highest BCUT2D eigenvalue weighted by atomic mass is 16.5. The smallest absolute Gasteiger partial charge is 0.271 e. The summed E-state index contributed by atoms with van der Waals surface area (Å²) in [7, 11) is 0. The fourth-order valence-electron chi connectivity index (χ4n) is 4.42. The summed E-state index contributed by atoms with van der Waals surface area (Å²) >= 11 is 0. The normalized spacial score (nSPS) is 12.1. The molecule has 0 saturated heterocycles. The molecule has 12 nitrogen and oxygen atoms in total. The first-order chi connectivity index (χ1) is 19.8. The van der Waals surface area contributed by atoms with E-state index in [9.17, 15) is 24.4 Å². The van der Waals surface area contributed by atoms with Crippen LogP contribution in [0.4, 0.5) is 0 Å². The van der Waals surface area contributed by atoms with Crippen LogP contribution in [0.15, 0.2) is 36.4 Å². The molecule has 224 valence electrons. The molecule has 0 bridgehead atoms. The first-order valence-corrected chi connectivity index (χ1v) is 14.0. The highest BCUT2D eigenvalue weighted by Crippen LogP contribution is 2.26. The minimum absolute atomic E-state index is 0.112. The van der Waals surface area contributed by atoms with Crippen molar-refractivity contribution in [1.29, 1.82) is 0 Å². The number of hydroxylamine groups is 2. The molecule has 0 aliphatic rings. The van der Waals surface area contributed by atoms with Crippen LogP contribution in [0.1, 0.15) is 73.7 Å². The van der Waals surface area contributed by atoms with E-state index in [4.69, 9.17) is 10.5 Å². The van der Waals surface area contributed by atoms with Crippen LogP contribution in [-0.2, 0) is 9.59 Å². The van der Waals surface area contributed by atoms with Gasteiger partial charge in [0.25, 0.3) is 11.8 Å². The van der Waals surface area contributed by atoms with E-state index in [-0.39, 0.29) is 24.2 Å². The molecule has 2 rings (SSSR count). The molecule has 0 aliphatic heterocycles. The number of aromatic nitrogens is 1. The highest BCUT2D eigenvalue weighted by molar-refractivity contribution is 5.96. The summed E-state index contributed by atoms with van der Waals surface area (Å²) in [4.78, 5) is 54.0. The molecule has 0 unspecified atom stereocenters. The van der Waals surface area contributed by atoms with E-state index >= 15 is 0 Å². The molecule has 2 aromatic rings. The van der Waals surface area contributed by atoms with Crippen LogP contribution in [0.3, 0.4) is 0 Å². The third-order valence-corrected chi connectivity index (χ3v) is 6.48. The third-order valence-electron chi connectivity index (χ3n) is 6.48. The van der Waals surface area contributed by atoms with Crippen LogP contribution in [0, 0.1) is 5.92 Å². The lowest BCUT2D eigenvalue weighted by Crippen LogP contribution is -2.47. The van der Waals surface area contributed by atoms with Gasteiger partial charge in [-0.3, -0.25) is 24.4 Å². The van der Waals surface area contributed by atoms with Gasteiger partial charge in [-0.2, -0.15) is 0 Å². The zero-order valence-electron chi connectivity index (χ0n) is 24.0. The number of nitrogens with zero attached hydrogens (tertiary/aromatic N) is 2.